The van der Waals surface area contributed by atoms with Crippen LogP contribution in [-0.2, 0) is 16.0 Å². The van der Waals surface area contributed by atoms with E-state index in [1.165, 1.54) is 0 Å². The van der Waals surface area contributed by atoms with Crippen LogP contribution in [0, 0.1) is 5.92 Å². The Bertz CT molecular complexity index is 658. The minimum atomic E-state index is -0.921. The molecule has 0 saturated carbocycles. The van der Waals surface area contributed by atoms with E-state index in [1.807, 2.05) is 11.0 Å². The SMILES string of the molecule is O=C(O)c1cccc(CC2CCN(C(=O)CN3CCCC3=O)C2)c1. The van der Waals surface area contributed by atoms with Crippen molar-refractivity contribution >= 4 is 17.8 Å². The van der Waals surface area contributed by atoms with Gasteiger partial charge in [-0.15, -0.1) is 0 Å². The third kappa shape index (κ3) is 3.75. The van der Waals surface area contributed by atoms with Gasteiger partial charge in [0.1, 0.15) is 0 Å². The first-order chi connectivity index (χ1) is 11.5. The van der Waals surface area contributed by atoms with E-state index in [4.69, 9.17) is 5.11 Å². The van der Waals surface area contributed by atoms with Crippen LogP contribution in [0.5, 0.6) is 0 Å². The fourth-order valence-corrected chi connectivity index (χ4v) is 3.52. The van der Waals surface area contributed by atoms with Gasteiger partial charge in [0.05, 0.1) is 12.1 Å². The maximum atomic E-state index is 12.3. The fourth-order valence-electron chi connectivity index (χ4n) is 3.52. The number of nitrogens with zero attached hydrogens (tertiary/aromatic N) is 2. The van der Waals surface area contributed by atoms with Crippen LogP contribution < -0.4 is 0 Å². The van der Waals surface area contributed by atoms with Crippen molar-refractivity contribution in [1.82, 2.24) is 9.80 Å². The van der Waals surface area contributed by atoms with Crippen LogP contribution in [-0.4, -0.2) is 58.9 Å². The quantitative estimate of drug-likeness (QED) is 0.885. The summed E-state index contributed by atoms with van der Waals surface area (Å²) in [6.45, 7) is 2.27. The lowest BCUT2D eigenvalue weighted by Crippen LogP contribution is -2.39. The summed E-state index contributed by atoms with van der Waals surface area (Å²) < 4.78 is 0. The van der Waals surface area contributed by atoms with Gasteiger partial charge in [-0.25, -0.2) is 4.79 Å². The van der Waals surface area contributed by atoms with Crippen molar-refractivity contribution < 1.29 is 19.5 Å². The van der Waals surface area contributed by atoms with E-state index < -0.39 is 5.97 Å². The summed E-state index contributed by atoms with van der Waals surface area (Å²) >= 11 is 0. The summed E-state index contributed by atoms with van der Waals surface area (Å²) in [4.78, 5) is 38.5. The Morgan fingerprint density at radius 1 is 1.25 bits per heavy atom. The summed E-state index contributed by atoms with van der Waals surface area (Å²) in [5, 5.41) is 9.06. The standard InChI is InChI=1S/C18H22N2O4/c21-16-5-2-7-19(16)12-17(22)20-8-6-14(11-20)9-13-3-1-4-15(10-13)18(23)24/h1,3-4,10,14H,2,5-9,11-12H2,(H,23,24). The highest BCUT2D eigenvalue weighted by Gasteiger charge is 2.29. The van der Waals surface area contributed by atoms with Crippen LogP contribution in [0.2, 0.25) is 0 Å². The first-order valence-electron chi connectivity index (χ1n) is 8.40. The number of carbonyl (C=O) groups is 3. The van der Waals surface area contributed by atoms with Crippen LogP contribution in [0.1, 0.15) is 35.2 Å². The minimum Gasteiger partial charge on any atom is -0.478 e. The molecule has 6 heteroatoms. The Balaban J connectivity index is 1.53. The molecule has 2 aliphatic heterocycles. The molecule has 1 unspecified atom stereocenters. The van der Waals surface area contributed by atoms with Gasteiger partial charge in [0.2, 0.25) is 11.8 Å². The van der Waals surface area contributed by atoms with Crippen molar-refractivity contribution in [2.45, 2.75) is 25.7 Å². The van der Waals surface area contributed by atoms with E-state index in [1.54, 1.807) is 23.1 Å². The van der Waals surface area contributed by atoms with Crippen LogP contribution in [0.3, 0.4) is 0 Å². The molecule has 1 aromatic carbocycles. The molecule has 2 heterocycles. The predicted molar refractivity (Wildman–Crippen MR) is 87.6 cm³/mol. The van der Waals surface area contributed by atoms with E-state index in [0.717, 1.165) is 24.8 Å². The van der Waals surface area contributed by atoms with Crippen molar-refractivity contribution in [2.24, 2.45) is 5.92 Å². The lowest BCUT2D eigenvalue weighted by atomic mass is 9.97. The number of amides is 2. The van der Waals surface area contributed by atoms with E-state index in [9.17, 15) is 14.4 Å². The third-order valence-corrected chi connectivity index (χ3v) is 4.83. The molecule has 24 heavy (non-hydrogen) atoms. The molecule has 3 rings (SSSR count). The maximum Gasteiger partial charge on any atom is 0.335 e. The van der Waals surface area contributed by atoms with Gasteiger partial charge in [-0.1, -0.05) is 12.1 Å². The molecular formula is C18H22N2O4. The Kier molecular flexibility index (Phi) is 4.83. The summed E-state index contributed by atoms with van der Waals surface area (Å²) in [5.41, 5.74) is 1.29. The maximum absolute atomic E-state index is 12.3. The first kappa shape index (κ1) is 16.5. The zero-order chi connectivity index (χ0) is 17.1. The fraction of sp³-hybridized carbons (Fsp3) is 0.500. The van der Waals surface area contributed by atoms with E-state index in [0.29, 0.717) is 37.5 Å². The molecule has 0 aromatic heterocycles. The van der Waals surface area contributed by atoms with Crippen LogP contribution in [0.15, 0.2) is 24.3 Å². The Morgan fingerprint density at radius 3 is 2.79 bits per heavy atom. The van der Waals surface area contributed by atoms with Crippen molar-refractivity contribution in [3.05, 3.63) is 35.4 Å². The number of benzene rings is 1. The zero-order valence-corrected chi connectivity index (χ0v) is 13.6. The zero-order valence-electron chi connectivity index (χ0n) is 13.6. The molecule has 0 radical (unpaired) electrons. The average Bonchev–Trinajstić information content (AvgIpc) is 3.17. The van der Waals surface area contributed by atoms with Crippen molar-refractivity contribution in [1.29, 1.82) is 0 Å². The van der Waals surface area contributed by atoms with Crippen LogP contribution >= 0.6 is 0 Å². The minimum absolute atomic E-state index is 0.0204. The topological polar surface area (TPSA) is 77.9 Å². The molecule has 0 aliphatic carbocycles. The van der Waals surface area contributed by atoms with E-state index in [-0.39, 0.29) is 18.4 Å². The molecule has 6 nitrogen and oxygen atoms in total. The molecule has 1 aromatic rings. The number of rotatable bonds is 5. The molecule has 0 spiro atoms. The molecule has 2 amide bonds. The molecule has 1 N–H and O–H groups in total. The number of likely N-dealkylation sites (tertiary alicyclic amines) is 2. The average molecular weight is 330 g/mol. The van der Waals surface area contributed by atoms with Gasteiger partial charge in [-0.05, 0) is 42.9 Å². The van der Waals surface area contributed by atoms with Gasteiger partial charge < -0.3 is 14.9 Å². The predicted octanol–water partition coefficient (Wildman–Crippen LogP) is 1.40. The first-order valence-corrected chi connectivity index (χ1v) is 8.40. The largest absolute Gasteiger partial charge is 0.478 e. The van der Waals surface area contributed by atoms with Crippen LogP contribution in [0.4, 0.5) is 0 Å². The van der Waals surface area contributed by atoms with Crippen LogP contribution in [0.25, 0.3) is 0 Å². The van der Waals surface area contributed by atoms with Gasteiger partial charge >= 0.3 is 5.97 Å². The number of hydrogen-bond acceptors (Lipinski definition) is 3. The molecule has 0 bridgehead atoms. The van der Waals surface area contributed by atoms with Gasteiger partial charge in [0.25, 0.3) is 0 Å². The smallest absolute Gasteiger partial charge is 0.335 e. The lowest BCUT2D eigenvalue weighted by Gasteiger charge is -2.21. The number of hydrogen-bond donors (Lipinski definition) is 1. The number of carboxylic acids is 1. The van der Waals surface area contributed by atoms with E-state index >= 15 is 0 Å². The molecule has 128 valence electrons. The monoisotopic (exact) mass is 330 g/mol. The Hall–Kier alpha value is -2.37. The second-order valence-corrected chi connectivity index (χ2v) is 6.62. The highest BCUT2D eigenvalue weighted by atomic mass is 16.4. The molecular weight excluding hydrogens is 308 g/mol. The summed E-state index contributed by atoms with van der Waals surface area (Å²) in [6.07, 6.45) is 3.08. The molecule has 2 saturated heterocycles. The number of carboxylic acid groups (broad SMARTS) is 1. The van der Waals surface area contributed by atoms with Gasteiger partial charge in [-0.3, -0.25) is 9.59 Å². The summed E-state index contributed by atoms with van der Waals surface area (Å²) in [6, 6.07) is 6.98. The highest BCUT2D eigenvalue weighted by molar-refractivity contribution is 5.87. The van der Waals surface area contributed by atoms with Crippen molar-refractivity contribution in [3.63, 3.8) is 0 Å². The van der Waals surface area contributed by atoms with Crippen molar-refractivity contribution in [2.75, 3.05) is 26.2 Å². The lowest BCUT2D eigenvalue weighted by molar-refractivity contribution is -0.137. The Morgan fingerprint density at radius 2 is 2.08 bits per heavy atom. The second-order valence-electron chi connectivity index (χ2n) is 6.62. The molecule has 1 atom stereocenters. The van der Waals surface area contributed by atoms with Gasteiger partial charge in [0.15, 0.2) is 0 Å². The highest BCUT2D eigenvalue weighted by Crippen LogP contribution is 2.22. The van der Waals surface area contributed by atoms with Crippen molar-refractivity contribution in [3.8, 4) is 0 Å². The summed E-state index contributed by atoms with van der Waals surface area (Å²) in [7, 11) is 0. The van der Waals surface area contributed by atoms with Gasteiger partial charge in [-0.2, -0.15) is 0 Å². The van der Waals surface area contributed by atoms with Gasteiger partial charge in [0, 0.05) is 26.1 Å². The van der Waals surface area contributed by atoms with E-state index in [2.05, 4.69) is 0 Å². The summed E-state index contributed by atoms with van der Waals surface area (Å²) in [5.74, 6) is -0.487. The molecule has 2 aliphatic rings. The number of aromatic carboxylic acids is 1. The Labute approximate surface area is 141 Å². The number of carbonyl (C=O) groups excluding carboxylic acids is 2. The normalized spacial score (nSPS) is 20.7. The molecule has 2 fully saturated rings. The second kappa shape index (κ2) is 7.03. The third-order valence-electron chi connectivity index (χ3n) is 4.83.